The average molecular weight is 214 g/mol. The molecule has 0 aliphatic heterocycles. The van der Waals surface area contributed by atoms with Crippen LogP contribution in [0.5, 0.6) is 0 Å². The molecular formula is C11H22N2O2. The van der Waals surface area contributed by atoms with Crippen molar-refractivity contribution in [1.29, 1.82) is 0 Å². The first-order chi connectivity index (χ1) is 7.06. The number of amides is 2. The van der Waals surface area contributed by atoms with Crippen molar-refractivity contribution in [2.45, 2.75) is 52.5 Å². The summed E-state index contributed by atoms with van der Waals surface area (Å²) < 4.78 is 0. The van der Waals surface area contributed by atoms with Crippen LogP contribution in [0.15, 0.2) is 0 Å². The minimum Gasteiger partial charge on any atom is -0.356 e. The highest BCUT2D eigenvalue weighted by molar-refractivity contribution is 5.77. The smallest absolute Gasteiger partial charge is 0.220 e. The lowest BCUT2D eigenvalue weighted by atomic mass is 10.1. The quantitative estimate of drug-likeness (QED) is 0.626. The van der Waals surface area contributed by atoms with Gasteiger partial charge in [-0.3, -0.25) is 9.59 Å². The van der Waals surface area contributed by atoms with Gasteiger partial charge in [-0.2, -0.15) is 0 Å². The highest BCUT2D eigenvalue weighted by Gasteiger charge is 2.04. The van der Waals surface area contributed by atoms with E-state index in [9.17, 15) is 9.59 Å². The Labute approximate surface area is 91.8 Å². The Hall–Kier alpha value is -1.06. The molecule has 0 spiro atoms. The fourth-order valence-electron chi connectivity index (χ4n) is 1.25. The standard InChI is InChI=1S/C11H22N2O2/c1-4-12-10(14)7-5-6-8-11(15)13-9(2)3/h9H,4-8H2,1-3H3,(H,12,14)(H,13,15). The summed E-state index contributed by atoms with van der Waals surface area (Å²) in [7, 11) is 0. The third-order valence-electron chi connectivity index (χ3n) is 1.88. The SMILES string of the molecule is CCNC(=O)CCCCC(=O)NC(C)C. The van der Waals surface area contributed by atoms with E-state index in [-0.39, 0.29) is 17.9 Å². The monoisotopic (exact) mass is 214 g/mol. The number of rotatable bonds is 7. The van der Waals surface area contributed by atoms with E-state index in [2.05, 4.69) is 10.6 Å². The molecule has 0 aliphatic carbocycles. The van der Waals surface area contributed by atoms with E-state index in [1.807, 2.05) is 20.8 Å². The summed E-state index contributed by atoms with van der Waals surface area (Å²) in [6, 6.07) is 0.195. The van der Waals surface area contributed by atoms with E-state index in [1.165, 1.54) is 0 Å². The van der Waals surface area contributed by atoms with Gasteiger partial charge in [-0.15, -0.1) is 0 Å². The number of carbonyl (C=O) groups is 2. The summed E-state index contributed by atoms with van der Waals surface area (Å²) in [6.45, 7) is 6.44. The summed E-state index contributed by atoms with van der Waals surface area (Å²) in [6.07, 6.45) is 2.58. The van der Waals surface area contributed by atoms with E-state index in [0.29, 0.717) is 19.4 Å². The van der Waals surface area contributed by atoms with Crippen LogP contribution in [0, 0.1) is 0 Å². The highest BCUT2D eigenvalue weighted by Crippen LogP contribution is 2.00. The zero-order valence-electron chi connectivity index (χ0n) is 9.93. The van der Waals surface area contributed by atoms with E-state index in [4.69, 9.17) is 0 Å². The Bertz CT molecular complexity index is 203. The fraction of sp³-hybridized carbons (Fsp3) is 0.818. The first-order valence-electron chi connectivity index (χ1n) is 5.62. The Morgan fingerprint density at radius 3 is 2.07 bits per heavy atom. The molecule has 0 unspecified atom stereocenters. The van der Waals surface area contributed by atoms with Crippen molar-refractivity contribution in [3.05, 3.63) is 0 Å². The van der Waals surface area contributed by atoms with Crippen molar-refractivity contribution in [1.82, 2.24) is 10.6 Å². The molecule has 0 atom stereocenters. The van der Waals surface area contributed by atoms with Crippen molar-refractivity contribution in [3.8, 4) is 0 Å². The molecule has 0 saturated carbocycles. The van der Waals surface area contributed by atoms with E-state index in [0.717, 1.165) is 12.8 Å². The van der Waals surface area contributed by atoms with Crippen LogP contribution in [0.3, 0.4) is 0 Å². The van der Waals surface area contributed by atoms with Crippen molar-refractivity contribution in [2.75, 3.05) is 6.54 Å². The summed E-state index contributed by atoms with van der Waals surface area (Å²) in [5.41, 5.74) is 0. The lowest BCUT2D eigenvalue weighted by Gasteiger charge is -2.07. The molecule has 0 bridgehead atoms. The van der Waals surface area contributed by atoms with Gasteiger partial charge in [0.2, 0.25) is 11.8 Å². The summed E-state index contributed by atoms with van der Waals surface area (Å²) in [5, 5.41) is 5.54. The maximum absolute atomic E-state index is 11.2. The molecule has 0 aromatic heterocycles. The Morgan fingerprint density at radius 1 is 1.07 bits per heavy atom. The number of unbranched alkanes of at least 4 members (excludes halogenated alkanes) is 1. The van der Waals surface area contributed by atoms with Crippen molar-refractivity contribution in [3.63, 3.8) is 0 Å². The van der Waals surface area contributed by atoms with Crippen LogP contribution in [-0.4, -0.2) is 24.4 Å². The molecule has 0 saturated heterocycles. The molecule has 4 nitrogen and oxygen atoms in total. The second-order valence-corrected chi connectivity index (χ2v) is 3.88. The fourth-order valence-corrected chi connectivity index (χ4v) is 1.25. The van der Waals surface area contributed by atoms with Crippen LogP contribution in [0.2, 0.25) is 0 Å². The van der Waals surface area contributed by atoms with Gasteiger partial charge in [0.1, 0.15) is 0 Å². The number of carbonyl (C=O) groups excluding carboxylic acids is 2. The van der Waals surface area contributed by atoms with Crippen molar-refractivity contribution >= 4 is 11.8 Å². The molecule has 2 amide bonds. The zero-order chi connectivity index (χ0) is 11.7. The Morgan fingerprint density at radius 2 is 1.60 bits per heavy atom. The summed E-state index contributed by atoms with van der Waals surface area (Å²) in [4.78, 5) is 22.3. The topological polar surface area (TPSA) is 58.2 Å². The van der Waals surface area contributed by atoms with Gasteiger partial charge in [-0.1, -0.05) is 0 Å². The lowest BCUT2D eigenvalue weighted by molar-refractivity contribution is -0.123. The molecule has 0 radical (unpaired) electrons. The molecule has 2 N–H and O–H groups in total. The second kappa shape index (κ2) is 8.26. The third kappa shape index (κ3) is 9.25. The molecule has 0 rings (SSSR count). The number of nitrogens with one attached hydrogen (secondary N) is 2. The van der Waals surface area contributed by atoms with E-state index in [1.54, 1.807) is 0 Å². The van der Waals surface area contributed by atoms with Gasteiger partial charge in [-0.25, -0.2) is 0 Å². The van der Waals surface area contributed by atoms with E-state index >= 15 is 0 Å². The van der Waals surface area contributed by atoms with Crippen molar-refractivity contribution in [2.24, 2.45) is 0 Å². The summed E-state index contributed by atoms with van der Waals surface area (Å²) in [5.74, 6) is 0.141. The van der Waals surface area contributed by atoms with Gasteiger partial charge in [-0.05, 0) is 33.6 Å². The van der Waals surface area contributed by atoms with Gasteiger partial charge >= 0.3 is 0 Å². The van der Waals surface area contributed by atoms with Crippen molar-refractivity contribution < 1.29 is 9.59 Å². The predicted octanol–water partition coefficient (Wildman–Crippen LogP) is 1.21. The van der Waals surface area contributed by atoms with Gasteiger partial charge in [0.25, 0.3) is 0 Å². The average Bonchev–Trinajstić information content (AvgIpc) is 2.12. The van der Waals surface area contributed by atoms with Crippen LogP contribution in [0.4, 0.5) is 0 Å². The molecule has 0 aromatic rings. The summed E-state index contributed by atoms with van der Waals surface area (Å²) >= 11 is 0. The lowest BCUT2D eigenvalue weighted by Crippen LogP contribution is -2.29. The molecule has 0 heterocycles. The molecule has 4 heteroatoms. The largest absolute Gasteiger partial charge is 0.356 e. The van der Waals surface area contributed by atoms with Gasteiger partial charge in [0.05, 0.1) is 0 Å². The second-order valence-electron chi connectivity index (χ2n) is 3.88. The molecule has 0 fully saturated rings. The first kappa shape index (κ1) is 13.9. The molecular weight excluding hydrogens is 192 g/mol. The van der Waals surface area contributed by atoms with Crippen LogP contribution in [0.1, 0.15) is 46.5 Å². The normalized spacial score (nSPS) is 10.1. The van der Waals surface area contributed by atoms with Crippen LogP contribution >= 0.6 is 0 Å². The zero-order valence-corrected chi connectivity index (χ0v) is 9.93. The van der Waals surface area contributed by atoms with Crippen LogP contribution < -0.4 is 10.6 Å². The van der Waals surface area contributed by atoms with Gasteiger partial charge < -0.3 is 10.6 Å². The third-order valence-corrected chi connectivity index (χ3v) is 1.88. The highest BCUT2D eigenvalue weighted by atomic mass is 16.2. The van der Waals surface area contributed by atoms with E-state index < -0.39 is 0 Å². The van der Waals surface area contributed by atoms with Crippen LogP contribution in [0.25, 0.3) is 0 Å². The molecule has 0 aromatic carbocycles. The minimum atomic E-state index is 0.0703. The Balaban J connectivity index is 3.38. The molecule has 15 heavy (non-hydrogen) atoms. The minimum absolute atomic E-state index is 0.0703. The Kier molecular flexibility index (Phi) is 7.68. The van der Waals surface area contributed by atoms with Gasteiger partial charge in [0.15, 0.2) is 0 Å². The van der Waals surface area contributed by atoms with Crippen LogP contribution in [-0.2, 0) is 9.59 Å². The number of hydrogen-bond acceptors (Lipinski definition) is 2. The van der Waals surface area contributed by atoms with Gasteiger partial charge in [0, 0.05) is 25.4 Å². The predicted molar refractivity (Wildman–Crippen MR) is 60.4 cm³/mol. The first-order valence-corrected chi connectivity index (χ1v) is 5.62. The maximum atomic E-state index is 11.2. The molecule has 88 valence electrons. The maximum Gasteiger partial charge on any atom is 0.220 e. The molecule has 0 aliphatic rings. The number of hydrogen-bond donors (Lipinski definition) is 2.